The van der Waals surface area contributed by atoms with Crippen LogP contribution in [0.4, 0.5) is 26.3 Å². The largest absolute Gasteiger partial charge is 0.507 e. The Balaban J connectivity index is 2.35. The van der Waals surface area contributed by atoms with E-state index in [2.05, 4.69) is 14.7 Å². The summed E-state index contributed by atoms with van der Waals surface area (Å²) < 4.78 is 113. The molecule has 0 saturated heterocycles. The third kappa shape index (κ3) is 5.08. The maximum Gasteiger partial charge on any atom is 0.426 e. The molecule has 9 nitrogen and oxygen atoms in total. The molecule has 0 atom stereocenters. The number of esters is 1. The molecule has 176 valence electrons. The van der Waals surface area contributed by atoms with Gasteiger partial charge in [0.2, 0.25) is 0 Å². The highest BCUT2D eigenvalue weighted by atomic mass is 32.2. The van der Waals surface area contributed by atoms with Crippen LogP contribution in [0.1, 0.15) is 16.8 Å². The molecule has 0 bridgehead atoms. The molecule has 0 fully saturated rings. The number of phenolic OH excluding ortho intramolecular Hbond substituents is 1. The van der Waals surface area contributed by atoms with E-state index in [0.29, 0.717) is 12.1 Å². The van der Waals surface area contributed by atoms with Crippen molar-refractivity contribution < 1.29 is 59.1 Å². The molecule has 2 aromatic rings. The molecule has 1 aromatic carbocycles. The molecule has 0 aliphatic rings. The highest BCUT2D eigenvalue weighted by Gasteiger charge is 2.70. The van der Waals surface area contributed by atoms with Crippen LogP contribution in [0.3, 0.4) is 0 Å². The first-order valence-electron chi connectivity index (χ1n) is 8.13. The number of carbonyl (C=O) groups is 1. The molecule has 16 heteroatoms. The molecule has 0 unspecified atom stereocenters. The SMILES string of the molecule is O=C(OCCC(O)(C(F)(F)F)C(F)(F)F)c1cc(S(=O)(=O)O)c(-c2ccncn2)cc1O. The van der Waals surface area contributed by atoms with Crippen molar-refractivity contribution >= 4 is 16.1 Å². The number of alkyl halides is 6. The summed E-state index contributed by atoms with van der Waals surface area (Å²) in [6, 6.07) is 2.23. The van der Waals surface area contributed by atoms with Gasteiger partial charge in [0.15, 0.2) is 0 Å². The number of hydrogen-bond acceptors (Lipinski definition) is 8. The highest BCUT2D eigenvalue weighted by Crippen LogP contribution is 2.45. The first kappa shape index (κ1) is 25.3. The van der Waals surface area contributed by atoms with Crippen LogP contribution in [0.2, 0.25) is 0 Å². The van der Waals surface area contributed by atoms with E-state index in [0.717, 1.165) is 6.33 Å². The summed E-state index contributed by atoms with van der Waals surface area (Å²) >= 11 is 0. The van der Waals surface area contributed by atoms with Crippen LogP contribution in [0.15, 0.2) is 35.6 Å². The van der Waals surface area contributed by atoms with Crippen molar-refractivity contribution in [3.8, 4) is 17.0 Å². The van der Waals surface area contributed by atoms with Crippen molar-refractivity contribution in [1.29, 1.82) is 0 Å². The Hall–Kier alpha value is -2.98. The number of ether oxygens (including phenoxy) is 1. The smallest absolute Gasteiger partial charge is 0.426 e. The van der Waals surface area contributed by atoms with E-state index in [-0.39, 0.29) is 5.69 Å². The maximum absolute atomic E-state index is 12.6. The van der Waals surface area contributed by atoms with Gasteiger partial charge in [0, 0.05) is 18.2 Å². The zero-order chi connectivity index (χ0) is 24.5. The standard InChI is InChI=1S/C16H12F6N2O7S/c17-15(18,19)14(27,16(20,21)22)2-4-31-13(26)9-6-12(32(28,29)30)8(5-11(9)25)10-1-3-23-7-24-10/h1,3,5-7,25,27H,2,4H2,(H,28,29,30). The summed E-state index contributed by atoms with van der Waals surface area (Å²) in [5, 5.41) is 19.0. The van der Waals surface area contributed by atoms with Gasteiger partial charge in [-0.25, -0.2) is 14.8 Å². The van der Waals surface area contributed by atoms with Crippen LogP contribution < -0.4 is 0 Å². The van der Waals surface area contributed by atoms with Crippen LogP contribution in [-0.2, 0) is 14.9 Å². The molecule has 0 spiro atoms. The average molecular weight is 490 g/mol. The molecule has 3 N–H and O–H groups in total. The fourth-order valence-electron chi connectivity index (χ4n) is 2.41. The van der Waals surface area contributed by atoms with Crippen LogP contribution in [0.5, 0.6) is 5.75 Å². The van der Waals surface area contributed by atoms with E-state index < -0.39 is 68.8 Å². The second-order valence-electron chi connectivity index (χ2n) is 6.18. The van der Waals surface area contributed by atoms with Gasteiger partial charge in [0.1, 0.15) is 22.5 Å². The minimum absolute atomic E-state index is 0.122. The average Bonchev–Trinajstić information content (AvgIpc) is 2.65. The van der Waals surface area contributed by atoms with Crippen LogP contribution in [0, 0.1) is 0 Å². The molecular formula is C16H12F6N2O7S. The number of nitrogens with zero attached hydrogens (tertiary/aromatic N) is 2. The molecule has 0 saturated carbocycles. The Labute approximate surface area is 175 Å². The van der Waals surface area contributed by atoms with Gasteiger partial charge < -0.3 is 14.9 Å². The molecule has 32 heavy (non-hydrogen) atoms. The molecule has 0 radical (unpaired) electrons. The normalized spacial score (nSPS) is 13.1. The Morgan fingerprint density at radius 1 is 1.09 bits per heavy atom. The molecule has 0 amide bonds. The number of aliphatic hydroxyl groups is 1. The van der Waals surface area contributed by atoms with Crippen molar-refractivity contribution in [2.24, 2.45) is 0 Å². The molecule has 1 heterocycles. The van der Waals surface area contributed by atoms with Gasteiger partial charge in [0.05, 0.1) is 12.3 Å². The van der Waals surface area contributed by atoms with Crippen molar-refractivity contribution in [3.05, 3.63) is 36.3 Å². The van der Waals surface area contributed by atoms with Crippen LogP contribution in [-0.4, -0.2) is 63.7 Å². The van der Waals surface area contributed by atoms with Gasteiger partial charge in [0.25, 0.3) is 15.7 Å². The quantitative estimate of drug-likeness (QED) is 0.316. The lowest BCUT2D eigenvalue weighted by atomic mass is 9.99. The predicted octanol–water partition coefficient (Wildman–Crippen LogP) is 2.50. The van der Waals surface area contributed by atoms with Gasteiger partial charge in [-0.2, -0.15) is 34.8 Å². The lowest BCUT2D eigenvalue weighted by molar-refractivity contribution is -0.371. The van der Waals surface area contributed by atoms with Crippen LogP contribution >= 0.6 is 0 Å². The van der Waals surface area contributed by atoms with E-state index in [1.165, 1.54) is 12.3 Å². The fraction of sp³-hybridized carbons (Fsp3) is 0.312. The lowest BCUT2D eigenvalue weighted by Crippen LogP contribution is -2.57. The second-order valence-corrected chi connectivity index (χ2v) is 7.57. The van der Waals surface area contributed by atoms with Gasteiger partial charge in [-0.05, 0) is 18.2 Å². The molecule has 0 aliphatic heterocycles. The Morgan fingerprint density at radius 2 is 1.69 bits per heavy atom. The Morgan fingerprint density at radius 3 is 2.16 bits per heavy atom. The summed E-state index contributed by atoms with van der Waals surface area (Å²) in [6.45, 7) is -1.61. The summed E-state index contributed by atoms with van der Waals surface area (Å²) in [7, 11) is -5.05. The first-order chi connectivity index (χ1) is 14.5. The number of rotatable bonds is 6. The second kappa shape index (κ2) is 8.51. The van der Waals surface area contributed by atoms with Gasteiger partial charge in [-0.15, -0.1) is 0 Å². The molecule has 1 aromatic heterocycles. The van der Waals surface area contributed by atoms with E-state index >= 15 is 0 Å². The lowest BCUT2D eigenvalue weighted by Gasteiger charge is -2.32. The number of hydrogen-bond donors (Lipinski definition) is 3. The summed E-state index contributed by atoms with van der Waals surface area (Å²) in [5.74, 6) is -2.72. The van der Waals surface area contributed by atoms with Crippen molar-refractivity contribution in [2.75, 3.05) is 6.61 Å². The van der Waals surface area contributed by atoms with Crippen LogP contribution in [0.25, 0.3) is 11.3 Å². The fourth-order valence-corrected chi connectivity index (χ4v) is 3.12. The van der Waals surface area contributed by atoms with E-state index in [4.69, 9.17) is 5.11 Å². The number of aromatic nitrogens is 2. The molecule has 0 aliphatic carbocycles. The monoisotopic (exact) mass is 490 g/mol. The van der Waals surface area contributed by atoms with Gasteiger partial charge in [-0.3, -0.25) is 4.55 Å². The summed E-state index contributed by atoms with van der Waals surface area (Å²) in [4.78, 5) is 18.4. The number of benzene rings is 1. The van der Waals surface area contributed by atoms with E-state index in [1.807, 2.05) is 0 Å². The third-order valence-corrected chi connectivity index (χ3v) is 4.98. The number of phenols is 1. The zero-order valence-electron chi connectivity index (χ0n) is 15.3. The number of aromatic hydroxyl groups is 1. The first-order valence-corrected chi connectivity index (χ1v) is 9.57. The van der Waals surface area contributed by atoms with Crippen molar-refractivity contribution in [2.45, 2.75) is 29.3 Å². The van der Waals surface area contributed by atoms with Crippen molar-refractivity contribution in [3.63, 3.8) is 0 Å². The minimum Gasteiger partial charge on any atom is -0.507 e. The van der Waals surface area contributed by atoms with E-state index in [9.17, 15) is 49.2 Å². The number of carbonyl (C=O) groups excluding carboxylic acids is 1. The van der Waals surface area contributed by atoms with Crippen molar-refractivity contribution in [1.82, 2.24) is 9.97 Å². The Kier molecular flexibility index (Phi) is 6.73. The maximum atomic E-state index is 12.6. The molecule has 2 rings (SSSR count). The third-order valence-electron chi connectivity index (χ3n) is 4.09. The summed E-state index contributed by atoms with van der Waals surface area (Å²) in [6.07, 6.45) is -12.2. The van der Waals surface area contributed by atoms with E-state index in [1.54, 1.807) is 0 Å². The van der Waals surface area contributed by atoms with Gasteiger partial charge in [-0.1, -0.05) is 0 Å². The Bertz CT molecular complexity index is 1090. The number of halogens is 6. The molecular weight excluding hydrogens is 478 g/mol. The minimum atomic E-state index is -6.14. The summed E-state index contributed by atoms with van der Waals surface area (Å²) in [5.41, 5.74) is -6.70. The zero-order valence-corrected chi connectivity index (χ0v) is 16.2. The predicted molar refractivity (Wildman–Crippen MR) is 90.9 cm³/mol. The van der Waals surface area contributed by atoms with Gasteiger partial charge >= 0.3 is 18.3 Å². The topological polar surface area (TPSA) is 147 Å². The highest BCUT2D eigenvalue weighted by molar-refractivity contribution is 7.86.